The molecule has 0 aromatic carbocycles. The average molecular weight is 352 g/mol. The van der Waals surface area contributed by atoms with Crippen LogP contribution >= 0.6 is 0 Å². The Kier molecular flexibility index (Phi) is 29.8. The molecule has 0 aromatic heterocycles. The van der Waals surface area contributed by atoms with Gasteiger partial charge in [-0.3, -0.25) is 14.4 Å². The van der Waals surface area contributed by atoms with Crippen LogP contribution in [0.5, 0.6) is 0 Å². The van der Waals surface area contributed by atoms with Crippen LogP contribution in [0.25, 0.3) is 0 Å². The summed E-state index contributed by atoms with van der Waals surface area (Å²) >= 11 is 0. The van der Waals surface area contributed by atoms with Crippen LogP contribution in [0.3, 0.4) is 0 Å². The van der Waals surface area contributed by atoms with Crippen LogP contribution in [0.2, 0.25) is 0 Å². The van der Waals surface area contributed by atoms with Crippen molar-refractivity contribution in [2.24, 2.45) is 11.8 Å². The highest BCUT2D eigenvalue weighted by atomic mass is 16.6. The summed E-state index contributed by atoms with van der Waals surface area (Å²) in [6, 6.07) is 0. The van der Waals surface area contributed by atoms with Gasteiger partial charge in [0.2, 0.25) is 0 Å². The first-order valence-corrected chi connectivity index (χ1v) is 8.30. The minimum absolute atomic E-state index is 0.0333. The van der Waals surface area contributed by atoms with E-state index in [4.69, 9.17) is 10.2 Å². The molecule has 2 N–H and O–H groups in total. The maximum Gasteiger partial charge on any atom is 0.312 e. The molecule has 2 atom stereocenters. The van der Waals surface area contributed by atoms with E-state index in [-0.39, 0.29) is 36.6 Å². The summed E-state index contributed by atoms with van der Waals surface area (Å²) in [4.78, 5) is 31.0. The van der Waals surface area contributed by atoms with Gasteiger partial charge < -0.3 is 19.7 Å². The number of carbonyl (C=O) groups is 3. The largest absolute Gasteiger partial charge is 0.481 e. The van der Waals surface area contributed by atoms with E-state index in [9.17, 15) is 14.4 Å². The maximum atomic E-state index is 10.7. The lowest BCUT2D eigenvalue weighted by Gasteiger charge is -2.19. The van der Waals surface area contributed by atoms with Gasteiger partial charge in [0.25, 0.3) is 0 Å². The lowest BCUT2D eigenvalue weighted by atomic mass is 9.99. The lowest BCUT2D eigenvalue weighted by molar-refractivity contribution is -0.166. The van der Waals surface area contributed by atoms with Crippen molar-refractivity contribution >= 4 is 17.9 Å². The van der Waals surface area contributed by atoms with Gasteiger partial charge in [-0.05, 0) is 12.8 Å². The third-order valence-electron chi connectivity index (χ3n) is 2.60. The van der Waals surface area contributed by atoms with Crippen LogP contribution in [-0.2, 0) is 23.9 Å². The highest BCUT2D eigenvalue weighted by Gasteiger charge is 2.24. The van der Waals surface area contributed by atoms with Gasteiger partial charge in [-0.25, -0.2) is 0 Å². The Morgan fingerprint density at radius 2 is 1.62 bits per heavy atom. The highest BCUT2D eigenvalue weighted by Crippen LogP contribution is 2.13. The molecule has 1 rings (SSSR count). The van der Waals surface area contributed by atoms with Crippen molar-refractivity contribution in [1.82, 2.24) is 0 Å². The van der Waals surface area contributed by atoms with Crippen molar-refractivity contribution in [3.8, 4) is 0 Å². The van der Waals surface area contributed by atoms with E-state index in [1.165, 1.54) is 7.11 Å². The average Bonchev–Trinajstić information content (AvgIpc) is 2.64. The Hall–Kier alpha value is -1.63. The van der Waals surface area contributed by atoms with Crippen LogP contribution in [-0.4, -0.2) is 48.9 Å². The number of aliphatic hydroxyl groups excluding tert-OH is 1. The Balaban J connectivity index is -0.000000139. The number of hydrogen-bond donors (Lipinski definition) is 2. The summed E-state index contributed by atoms with van der Waals surface area (Å²) in [6.07, 6.45) is 0.909. The molecule has 1 heterocycles. The highest BCUT2D eigenvalue weighted by molar-refractivity contribution is 5.76. The molecule has 146 valence electrons. The molecule has 0 amide bonds. The summed E-state index contributed by atoms with van der Waals surface area (Å²) in [5.74, 6) is -1.20. The molecule has 0 aliphatic carbocycles. The minimum atomic E-state index is -0.870. The normalized spacial score (nSPS) is 14.7. The van der Waals surface area contributed by atoms with Gasteiger partial charge >= 0.3 is 17.9 Å². The van der Waals surface area contributed by atoms with Gasteiger partial charge in [0.1, 0.15) is 6.61 Å². The second-order valence-electron chi connectivity index (χ2n) is 4.18. The van der Waals surface area contributed by atoms with Gasteiger partial charge in [0, 0.05) is 20.0 Å². The number of aliphatic hydroxyl groups is 1. The minimum Gasteiger partial charge on any atom is -0.481 e. The molecule has 2 unspecified atom stereocenters. The fourth-order valence-corrected chi connectivity index (χ4v) is 1.24. The Morgan fingerprint density at radius 3 is 1.79 bits per heavy atom. The molecule has 0 aromatic rings. The third kappa shape index (κ3) is 20.4. The van der Waals surface area contributed by atoms with Gasteiger partial charge in [-0.1, -0.05) is 41.0 Å². The van der Waals surface area contributed by atoms with Gasteiger partial charge in [0.05, 0.1) is 13.0 Å². The smallest absolute Gasteiger partial charge is 0.312 e. The number of aliphatic carboxylic acids is 1. The van der Waals surface area contributed by atoms with Crippen LogP contribution in [0.4, 0.5) is 0 Å². The summed E-state index contributed by atoms with van der Waals surface area (Å²) in [5, 5.41) is 15.4. The fraction of sp³-hybridized carbons (Fsp3) is 0.824. The van der Waals surface area contributed by atoms with E-state index in [2.05, 4.69) is 9.47 Å². The predicted octanol–water partition coefficient (Wildman–Crippen LogP) is 2.89. The molecule has 0 radical (unpaired) electrons. The number of esters is 2. The topological polar surface area (TPSA) is 110 Å². The first kappa shape index (κ1) is 30.3. The summed E-state index contributed by atoms with van der Waals surface area (Å²) in [6.45, 7) is 12.3. The lowest BCUT2D eigenvalue weighted by Crippen LogP contribution is -2.31. The van der Waals surface area contributed by atoms with Crippen molar-refractivity contribution < 1.29 is 34.1 Å². The van der Waals surface area contributed by atoms with Crippen molar-refractivity contribution in [2.45, 2.75) is 60.8 Å². The Morgan fingerprint density at radius 1 is 1.21 bits per heavy atom. The Bertz CT molecular complexity index is 303. The van der Waals surface area contributed by atoms with Crippen molar-refractivity contribution in [3.63, 3.8) is 0 Å². The van der Waals surface area contributed by atoms with Crippen molar-refractivity contribution in [2.75, 3.05) is 20.8 Å². The summed E-state index contributed by atoms with van der Waals surface area (Å²) < 4.78 is 8.84. The molecule has 7 heteroatoms. The van der Waals surface area contributed by atoms with Crippen molar-refractivity contribution in [3.05, 3.63) is 0 Å². The van der Waals surface area contributed by atoms with Crippen LogP contribution in [0.15, 0.2) is 0 Å². The number of cyclic esters (lactones) is 1. The number of hydrogen-bond acceptors (Lipinski definition) is 6. The monoisotopic (exact) mass is 352 g/mol. The maximum absolute atomic E-state index is 10.7. The molecule has 0 saturated carbocycles. The summed E-state index contributed by atoms with van der Waals surface area (Å²) in [7, 11) is 2.30. The second kappa shape index (κ2) is 23.6. The first-order valence-electron chi connectivity index (χ1n) is 8.30. The van der Waals surface area contributed by atoms with E-state index >= 15 is 0 Å². The van der Waals surface area contributed by atoms with Gasteiger partial charge in [-0.2, -0.15) is 0 Å². The molecular formula is C17H36O7. The van der Waals surface area contributed by atoms with E-state index in [0.29, 0.717) is 13.0 Å². The molecule has 0 bridgehead atoms. The van der Waals surface area contributed by atoms with Crippen molar-refractivity contribution in [1.29, 1.82) is 0 Å². The molecular weight excluding hydrogens is 316 g/mol. The fourth-order valence-electron chi connectivity index (χ4n) is 1.24. The third-order valence-corrected chi connectivity index (χ3v) is 2.60. The zero-order chi connectivity index (χ0) is 20.1. The molecule has 1 fully saturated rings. The number of carboxylic acid groups (broad SMARTS) is 1. The Labute approximate surface area is 146 Å². The second-order valence-corrected chi connectivity index (χ2v) is 4.18. The molecule has 1 aliphatic heterocycles. The number of methoxy groups -OCH3 is 1. The molecule has 1 saturated heterocycles. The number of carbonyl (C=O) groups excluding carboxylic acids is 2. The molecule has 7 nitrogen and oxygen atoms in total. The van der Waals surface area contributed by atoms with Crippen LogP contribution in [0.1, 0.15) is 60.8 Å². The van der Waals surface area contributed by atoms with Gasteiger partial charge in [0.15, 0.2) is 0 Å². The number of carboxylic acids is 1. The number of rotatable bonds is 5. The van der Waals surface area contributed by atoms with E-state index in [1.54, 1.807) is 0 Å². The van der Waals surface area contributed by atoms with E-state index < -0.39 is 5.97 Å². The van der Waals surface area contributed by atoms with Gasteiger partial charge in [-0.15, -0.1) is 0 Å². The zero-order valence-corrected chi connectivity index (χ0v) is 16.4. The van der Waals surface area contributed by atoms with E-state index in [1.807, 2.05) is 41.5 Å². The SMILES string of the molecule is CC.CC.CC1COC1=O.CCC(CC(=O)O)CC(=O)OC.CO. The predicted molar refractivity (Wildman–Crippen MR) is 93.6 cm³/mol. The summed E-state index contributed by atoms with van der Waals surface area (Å²) in [5.41, 5.74) is 0. The molecule has 1 aliphatic rings. The van der Waals surface area contributed by atoms with Crippen LogP contribution < -0.4 is 0 Å². The molecule has 0 spiro atoms. The van der Waals surface area contributed by atoms with E-state index in [0.717, 1.165) is 7.11 Å². The standard InChI is InChI=1S/C8H14O4.C4H6O2.2C2H6.CH4O/c1-3-6(4-7(9)10)5-8(11)12-2;1-3-2-6-4(3)5;3*1-2/h6H,3-5H2,1-2H3,(H,9,10);3H,2H2,1H3;2*1-2H3;2H,1H3. The van der Waals surface area contributed by atoms with Crippen LogP contribution in [0, 0.1) is 11.8 Å². The molecule has 24 heavy (non-hydrogen) atoms. The number of ether oxygens (including phenoxy) is 2. The quantitative estimate of drug-likeness (QED) is 0.732. The zero-order valence-electron chi connectivity index (χ0n) is 16.4. The first-order chi connectivity index (χ1) is 11.4.